The molecule has 2 unspecified atom stereocenters. The highest BCUT2D eigenvalue weighted by Gasteiger charge is 2.36. The molecule has 2 aromatic rings. The molecule has 12 nitrogen and oxygen atoms in total. The molecule has 0 aliphatic rings. The number of aliphatic hydroxyl groups is 2. The molecular weight excluding hydrogens is 636 g/mol. The van der Waals surface area contributed by atoms with Crippen LogP contribution in [0.5, 0.6) is 11.5 Å². The number of allylic oxidation sites excluding steroid dienone is 2. The van der Waals surface area contributed by atoms with Crippen LogP contribution in [0.1, 0.15) is 45.7 Å². The van der Waals surface area contributed by atoms with Gasteiger partial charge in [-0.2, -0.15) is 0 Å². The van der Waals surface area contributed by atoms with Crippen LogP contribution in [0.2, 0.25) is 0 Å². The number of aliphatic carboxylic acids is 2. The summed E-state index contributed by atoms with van der Waals surface area (Å²) in [5, 5.41) is 39.8. The second kappa shape index (κ2) is 18.4. The molecule has 264 valence electrons. The van der Waals surface area contributed by atoms with Crippen molar-refractivity contribution >= 4 is 23.9 Å². The predicted octanol–water partition coefficient (Wildman–Crippen LogP) is 4.39. The molecule has 12 heteroatoms. The van der Waals surface area contributed by atoms with Gasteiger partial charge in [-0.1, -0.05) is 56.5 Å². The van der Waals surface area contributed by atoms with Gasteiger partial charge in [0.15, 0.2) is 0 Å². The molecule has 0 aliphatic heterocycles. The molecule has 4 N–H and O–H groups in total. The Labute approximate surface area is 285 Å². The lowest BCUT2D eigenvalue weighted by Gasteiger charge is -2.37. The summed E-state index contributed by atoms with van der Waals surface area (Å²) in [7, 11) is 0. The quantitative estimate of drug-likeness (QED) is 0.121. The molecule has 0 aliphatic carbocycles. The van der Waals surface area contributed by atoms with Crippen molar-refractivity contribution in [2.45, 2.75) is 52.2 Å². The van der Waals surface area contributed by atoms with Gasteiger partial charge in [0.05, 0.1) is 0 Å². The van der Waals surface area contributed by atoms with Gasteiger partial charge in [0.2, 0.25) is 0 Å². The summed E-state index contributed by atoms with van der Waals surface area (Å²) in [6.45, 7) is 13.7. The van der Waals surface area contributed by atoms with Crippen molar-refractivity contribution < 1.29 is 58.6 Å². The molecule has 0 bridgehead atoms. The van der Waals surface area contributed by atoms with E-state index in [2.05, 4.69) is 13.2 Å². The topological polar surface area (TPSA) is 186 Å². The second-order valence-electron chi connectivity index (χ2n) is 11.8. The monoisotopic (exact) mass is 680 g/mol. The van der Waals surface area contributed by atoms with E-state index in [4.69, 9.17) is 18.9 Å². The standard InChI is InChI=1S/C37H44O12/c1-22(2)35(44)48-20-29(38)18-46-31-12-8-26(9-13-31)37(7,28(16-24(5)33(40)41)17-25(6)34(42)43)27-10-14-32(15-11-27)47-19-30(39)21-49-36(45)23(3)4/h8-17,28-30,38-39H,1,3,18-21H2,2,4-7H3,(H,40,41)(H,42,43). The molecule has 2 aromatic carbocycles. The third-order valence-corrected chi connectivity index (χ3v) is 7.50. The van der Waals surface area contributed by atoms with E-state index in [-0.39, 0.29) is 48.7 Å². The van der Waals surface area contributed by atoms with Crippen molar-refractivity contribution in [3.05, 3.63) is 107 Å². The van der Waals surface area contributed by atoms with Crippen molar-refractivity contribution in [3.63, 3.8) is 0 Å². The van der Waals surface area contributed by atoms with Gasteiger partial charge in [0, 0.05) is 33.6 Å². The second-order valence-corrected chi connectivity index (χ2v) is 11.8. The fourth-order valence-electron chi connectivity index (χ4n) is 4.48. The summed E-state index contributed by atoms with van der Waals surface area (Å²) in [5.41, 5.74) is 0.720. The molecule has 0 saturated heterocycles. The number of carbonyl (C=O) groups is 4. The van der Waals surface area contributed by atoms with Crippen LogP contribution in [0.3, 0.4) is 0 Å². The molecule has 2 rings (SSSR count). The van der Waals surface area contributed by atoms with Gasteiger partial charge in [0.1, 0.15) is 50.1 Å². The number of hydrogen-bond donors (Lipinski definition) is 4. The molecular formula is C37H44O12. The van der Waals surface area contributed by atoms with Crippen LogP contribution >= 0.6 is 0 Å². The van der Waals surface area contributed by atoms with Crippen LogP contribution in [0, 0.1) is 5.92 Å². The Hall–Kier alpha value is -5.20. The number of esters is 2. The Morgan fingerprint density at radius 1 is 0.653 bits per heavy atom. The summed E-state index contributed by atoms with van der Waals surface area (Å²) in [5.74, 6) is -3.58. The Bertz CT molecular complexity index is 1450. The summed E-state index contributed by atoms with van der Waals surface area (Å²) in [6.07, 6.45) is 0.794. The van der Waals surface area contributed by atoms with Crippen molar-refractivity contribution in [3.8, 4) is 11.5 Å². The van der Waals surface area contributed by atoms with Gasteiger partial charge in [-0.15, -0.1) is 0 Å². The average molecular weight is 681 g/mol. The normalized spacial score (nSPS) is 14.8. The van der Waals surface area contributed by atoms with E-state index >= 15 is 0 Å². The van der Waals surface area contributed by atoms with Crippen molar-refractivity contribution in [2.24, 2.45) is 5.92 Å². The van der Waals surface area contributed by atoms with Crippen LogP contribution < -0.4 is 9.47 Å². The number of ether oxygens (including phenoxy) is 4. The molecule has 0 saturated carbocycles. The van der Waals surface area contributed by atoms with E-state index in [0.29, 0.717) is 22.6 Å². The largest absolute Gasteiger partial charge is 0.491 e. The van der Waals surface area contributed by atoms with E-state index < -0.39 is 47.4 Å². The van der Waals surface area contributed by atoms with Gasteiger partial charge in [0.25, 0.3) is 0 Å². The Morgan fingerprint density at radius 2 is 0.980 bits per heavy atom. The Balaban J connectivity index is 2.45. The summed E-state index contributed by atoms with van der Waals surface area (Å²) < 4.78 is 21.3. The summed E-state index contributed by atoms with van der Waals surface area (Å²) >= 11 is 0. The first-order valence-corrected chi connectivity index (χ1v) is 15.3. The fraction of sp³-hybridized carbons (Fsp3) is 0.351. The number of carbonyl (C=O) groups excluding carboxylic acids is 2. The van der Waals surface area contributed by atoms with Gasteiger partial charge < -0.3 is 39.4 Å². The Kier molecular flexibility index (Phi) is 15.0. The molecule has 0 radical (unpaired) electrons. The zero-order valence-corrected chi connectivity index (χ0v) is 28.3. The van der Waals surface area contributed by atoms with Gasteiger partial charge in [-0.05, 0) is 63.1 Å². The highest BCUT2D eigenvalue weighted by Crippen LogP contribution is 2.42. The molecule has 0 spiro atoms. The Morgan fingerprint density at radius 3 is 1.27 bits per heavy atom. The maximum Gasteiger partial charge on any atom is 0.333 e. The first kappa shape index (κ1) is 40.0. The minimum Gasteiger partial charge on any atom is -0.491 e. The van der Waals surface area contributed by atoms with Crippen LogP contribution in [0.25, 0.3) is 0 Å². The van der Waals surface area contributed by atoms with E-state index in [0.717, 1.165) is 0 Å². The number of carboxylic acids is 2. The van der Waals surface area contributed by atoms with Crippen molar-refractivity contribution in [1.82, 2.24) is 0 Å². The lowest BCUT2D eigenvalue weighted by molar-refractivity contribution is -0.143. The number of aliphatic hydroxyl groups excluding tert-OH is 2. The SMILES string of the molecule is C=C(C)C(=O)OCC(O)COc1ccc(C(C)(c2ccc(OCC(O)COC(=O)C(=C)C)cc2)C(C=C(C)C(=O)O)C=C(C)C(=O)O)cc1. The van der Waals surface area contributed by atoms with E-state index in [1.165, 1.54) is 39.8 Å². The predicted molar refractivity (Wildman–Crippen MR) is 180 cm³/mol. The van der Waals surface area contributed by atoms with Gasteiger partial charge >= 0.3 is 23.9 Å². The molecule has 0 amide bonds. The maximum absolute atomic E-state index is 11.9. The summed E-state index contributed by atoms with van der Waals surface area (Å²) in [6, 6.07) is 13.6. The number of benzene rings is 2. The lowest BCUT2D eigenvalue weighted by Crippen LogP contribution is -2.32. The first-order chi connectivity index (χ1) is 22.9. The number of carboxylic acid groups (broad SMARTS) is 2. The van der Waals surface area contributed by atoms with E-state index in [9.17, 15) is 39.6 Å². The molecule has 0 aromatic heterocycles. The third kappa shape index (κ3) is 12.1. The molecule has 49 heavy (non-hydrogen) atoms. The minimum atomic E-state index is -1.17. The van der Waals surface area contributed by atoms with Crippen molar-refractivity contribution in [1.29, 1.82) is 0 Å². The molecule has 0 heterocycles. The number of rotatable bonds is 19. The third-order valence-electron chi connectivity index (χ3n) is 7.50. The van der Waals surface area contributed by atoms with Crippen LogP contribution in [0.4, 0.5) is 0 Å². The smallest absolute Gasteiger partial charge is 0.333 e. The molecule has 0 fully saturated rings. The fourth-order valence-corrected chi connectivity index (χ4v) is 4.48. The highest BCUT2D eigenvalue weighted by atomic mass is 16.6. The summed E-state index contributed by atoms with van der Waals surface area (Å²) in [4.78, 5) is 47.0. The van der Waals surface area contributed by atoms with Gasteiger partial charge in [-0.25, -0.2) is 19.2 Å². The zero-order chi connectivity index (χ0) is 36.9. The highest BCUT2D eigenvalue weighted by molar-refractivity contribution is 5.88. The van der Waals surface area contributed by atoms with E-state index in [1.807, 2.05) is 6.92 Å². The van der Waals surface area contributed by atoms with Crippen molar-refractivity contribution in [2.75, 3.05) is 26.4 Å². The maximum atomic E-state index is 11.9. The molecule has 2 atom stereocenters. The van der Waals surface area contributed by atoms with E-state index in [1.54, 1.807) is 48.5 Å². The van der Waals surface area contributed by atoms with Crippen LogP contribution in [-0.2, 0) is 34.1 Å². The van der Waals surface area contributed by atoms with Crippen LogP contribution in [-0.4, -0.2) is 82.9 Å². The van der Waals surface area contributed by atoms with Crippen LogP contribution in [0.15, 0.2) is 96.1 Å². The number of hydrogen-bond acceptors (Lipinski definition) is 10. The average Bonchev–Trinajstić information content (AvgIpc) is 3.06. The zero-order valence-electron chi connectivity index (χ0n) is 28.3. The van der Waals surface area contributed by atoms with Gasteiger partial charge in [-0.3, -0.25) is 0 Å². The lowest BCUT2D eigenvalue weighted by atomic mass is 9.66. The minimum absolute atomic E-state index is 0.00763. The first-order valence-electron chi connectivity index (χ1n) is 15.3.